The van der Waals surface area contributed by atoms with Gasteiger partial charge in [-0.15, -0.1) is 0 Å². The smallest absolute Gasteiger partial charge is 0.335 e. The first kappa shape index (κ1) is 15.1. The molecule has 0 amide bonds. The summed E-state index contributed by atoms with van der Waals surface area (Å²) < 4.78 is 5.35. The second-order valence-corrected chi connectivity index (χ2v) is 5.13. The Bertz CT molecular complexity index is 468. The largest absolute Gasteiger partial charge is 0.478 e. The van der Waals surface area contributed by atoms with Gasteiger partial charge in [-0.1, -0.05) is 0 Å². The molecule has 2 aliphatic rings. The van der Waals surface area contributed by atoms with Gasteiger partial charge in [-0.25, -0.2) is 4.79 Å². The average molecular weight is 304 g/mol. The van der Waals surface area contributed by atoms with Crippen LogP contribution in [0.4, 0.5) is 0 Å². The Balaban J connectivity index is 2.33. The van der Waals surface area contributed by atoms with Crippen LogP contribution in [0.3, 0.4) is 0 Å². The molecule has 8 nitrogen and oxygen atoms in total. The fourth-order valence-electron chi connectivity index (χ4n) is 2.46. The topological polar surface area (TPSA) is 131 Å². The molecule has 0 aliphatic carbocycles. The minimum atomic E-state index is -1.33. The van der Waals surface area contributed by atoms with E-state index >= 15 is 0 Å². The molecule has 1 saturated heterocycles. The summed E-state index contributed by atoms with van der Waals surface area (Å²) in [6.07, 6.45) is -4.60. The van der Waals surface area contributed by atoms with Crippen molar-refractivity contribution < 1.29 is 30.0 Å². The van der Waals surface area contributed by atoms with Gasteiger partial charge in [0, 0.05) is 5.70 Å². The third-order valence-electron chi connectivity index (χ3n) is 3.44. The molecule has 0 saturated carbocycles. The normalized spacial score (nSPS) is 37.6. The number of aliphatic hydroxyl groups excluding tert-OH is 3. The minimum absolute atomic E-state index is 0.0339. The number of carboxylic acids is 1. The van der Waals surface area contributed by atoms with Crippen molar-refractivity contribution >= 4 is 23.3 Å². The summed E-state index contributed by atoms with van der Waals surface area (Å²) in [5, 5.41) is 43.7. The van der Waals surface area contributed by atoms with Gasteiger partial charge in [-0.05, 0) is 19.1 Å². The van der Waals surface area contributed by atoms with Gasteiger partial charge in [0.2, 0.25) is 0 Å². The van der Waals surface area contributed by atoms with Gasteiger partial charge in [0.05, 0.1) is 18.2 Å². The molecule has 6 N–H and O–H groups in total. The van der Waals surface area contributed by atoms with Gasteiger partial charge in [0.1, 0.15) is 24.4 Å². The lowest BCUT2D eigenvalue weighted by molar-refractivity contribution is -0.133. The zero-order valence-corrected chi connectivity index (χ0v) is 11.4. The second-order valence-electron chi connectivity index (χ2n) is 4.72. The molecule has 5 unspecified atom stereocenters. The van der Waals surface area contributed by atoms with Crippen LogP contribution in [0.2, 0.25) is 0 Å². The van der Waals surface area contributed by atoms with Crippen LogP contribution in [-0.2, 0) is 9.53 Å². The maximum Gasteiger partial charge on any atom is 0.335 e. The van der Waals surface area contributed by atoms with E-state index in [1.165, 1.54) is 0 Å². The molecule has 112 valence electrons. The first-order chi connectivity index (χ1) is 9.36. The van der Waals surface area contributed by atoms with E-state index < -0.39 is 43.0 Å². The molecule has 2 rings (SSSR count). The molecule has 0 aromatic carbocycles. The van der Waals surface area contributed by atoms with E-state index in [0.29, 0.717) is 5.70 Å². The molecule has 0 radical (unpaired) electrons. The zero-order valence-electron chi connectivity index (χ0n) is 10.6. The van der Waals surface area contributed by atoms with Crippen LogP contribution in [0, 0.1) is 0 Å². The Morgan fingerprint density at radius 1 is 1.40 bits per heavy atom. The number of ether oxygens (including phenoxy) is 1. The molecular weight excluding hydrogens is 288 g/mol. The summed E-state index contributed by atoms with van der Waals surface area (Å²) in [6.45, 7) is 1.07. The summed E-state index contributed by atoms with van der Waals surface area (Å²) >= 11 is 4.96. The monoisotopic (exact) mass is 304 g/mol. The van der Waals surface area contributed by atoms with Gasteiger partial charge in [0.25, 0.3) is 0 Å². The third-order valence-corrected chi connectivity index (χ3v) is 3.66. The Morgan fingerprint density at radius 3 is 2.55 bits per heavy atom. The van der Waals surface area contributed by atoms with Crippen molar-refractivity contribution in [1.82, 2.24) is 10.6 Å². The number of hydrogen-bond donors (Lipinski definition) is 6. The maximum atomic E-state index is 11.3. The summed E-state index contributed by atoms with van der Waals surface area (Å²) in [5.41, 5.74) is 0.303. The Hall–Kier alpha value is -1.26. The van der Waals surface area contributed by atoms with E-state index in [2.05, 4.69) is 10.6 Å². The van der Waals surface area contributed by atoms with Crippen molar-refractivity contribution in [3.8, 4) is 0 Å². The third kappa shape index (κ3) is 2.50. The van der Waals surface area contributed by atoms with Crippen LogP contribution in [0.1, 0.15) is 6.92 Å². The van der Waals surface area contributed by atoms with Crippen LogP contribution >= 0.6 is 12.2 Å². The van der Waals surface area contributed by atoms with Crippen LogP contribution < -0.4 is 10.6 Å². The van der Waals surface area contributed by atoms with Crippen molar-refractivity contribution in [2.75, 3.05) is 6.61 Å². The number of carboxylic acid groups (broad SMARTS) is 1. The molecule has 0 spiro atoms. The van der Waals surface area contributed by atoms with Gasteiger partial charge in [-0.2, -0.15) is 0 Å². The lowest BCUT2D eigenvalue weighted by atomic mass is 9.93. The highest BCUT2D eigenvalue weighted by molar-refractivity contribution is 7.80. The summed E-state index contributed by atoms with van der Waals surface area (Å²) in [5.74, 6) is -1.19. The number of nitrogens with one attached hydrogen (secondary N) is 2. The molecule has 9 heteroatoms. The number of aliphatic hydroxyl groups is 3. The average Bonchev–Trinajstić information content (AvgIpc) is 2.64. The number of thiocarbonyl (C=S) groups is 1. The Morgan fingerprint density at radius 2 is 2.05 bits per heavy atom. The van der Waals surface area contributed by atoms with Crippen LogP contribution in [0.15, 0.2) is 11.3 Å². The van der Waals surface area contributed by atoms with Crippen molar-refractivity contribution in [1.29, 1.82) is 0 Å². The Kier molecular flexibility index (Phi) is 4.25. The van der Waals surface area contributed by atoms with Crippen molar-refractivity contribution in [3.63, 3.8) is 0 Å². The highest BCUT2D eigenvalue weighted by Crippen LogP contribution is 2.28. The quantitative estimate of drug-likeness (QED) is 0.318. The van der Waals surface area contributed by atoms with E-state index in [1.807, 2.05) is 0 Å². The highest BCUT2D eigenvalue weighted by Gasteiger charge is 2.49. The fourth-order valence-corrected chi connectivity index (χ4v) is 2.74. The molecular formula is C11H16N2O6S. The molecule has 20 heavy (non-hydrogen) atoms. The van der Waals surface area contributed by atoms with Gasteiger partial charge in [0.15, 0.2) is 5.11 Å². The highest BCUT2D eigenvalue weighted by atomic mass is 32.1. The fraction of sp³-hybridized carbons (Fsp3) is 0.636. The molecule has 0 bridgehead atoms. The van der Waals surface area contributed by atoms with Crippen molar-refractivity contribution in [2.45, 2.75) is 37.4 Å². The SMILES string of the molecule is CC1=C(C(=O)O)C(C2OC(CO)C(O)C2O)NC(=S)N1. The van der Waals surface area contributed by atoms with E-state index in [4.69, 9.17) is 22.1 Å². The summed E-state index contributed by atoms with van der Waals surface area (Å²) in [7, 11) is 0. The lowest BCUT2D eigenvalue weighted by Gasteiger charge is -2.33. The van der Waals surface area contributed by atoms with Gasteiger partial charge in [-0.3, -0.25) is 0 Å². The number of hydrogen-bond acceptors (Lipinski definition) is 6. The molecule has 0 aromatic heterocycles. The molecule has 0 aromatic rings. The van der Waals surface area contributed by atoms with Crippen LogP contribution in [0.5, 0.6) is 0 Å². The van der Waals surface area contributed by atoms with E-state index in [0.717, 1.165) is 0 Å². The zero-order chi connectivity index (χ0) is 15.0. The molecule has 2 heterocycles. The minimum Gasteiger partial charge on any atom is -0.478 e. The second kappa shape index (κ2) is 5.62. The van der Waals surface area contributed by atoms with E-state index in [9.17, 15) is 20.1 Å². The van der Waals surface area contributed by atoms with Crippen molar-refractivity contribution in [2.24, 2.45) is 0 Å². The molecule has 1 fully saturated rings. The predicted molar refractivity (Wildman–Crippen MR) is 70.8 cm³/mol. The van der Waals surface area contributed by atoms with E-state index in [1.54, 1.807) is 6.92 Å². The number of aliphatic carboxylic acids is 1. The van der Waals surface area contributed by atoms with Gasteiger partial charge < -0.3 is 35.8 Å². The van der Waals surface area contributed by atoms with Crippen LogP contribution in [-0.4, -0.2) is 68.6 Å². The molecule has 2 aliphatic heterocycles. The first-order valence-corrected chi connectivity index (χ1v) is 6.41. The summed E-state index contributed by atoms with van der Waals surface area (Å²) in [6, 6.07) is -0.914. The number of carbonyl (C=O) groups is 1. The lowest BCUT2D eigenvalue weighted by Crippen LogP contribution is -2.57. The van der Waals surface area contributed by atoms with Crippen molar-refractivity contribution in [3.05, 3.63) is 11.3 Å². The predicted octanol–water partition coefficient (Wildman–Crippen LogP) is -2.33. The van der Waals surface area contributed by atoms with Gasteiger partial charge >= 0.3 is 5.97 Å². The maximum absolute atomic E-state index is 11.3. The number of allylic oxidation sites excluding steroid dienone is 1. The number of rotatable bonds is 3. The van der Waals surface area contributed by atoms with Crippen LogP contribution in [0.25, 0.3) is 0 Å². The Labute approximate surface area is 120 Å². The molecule has 5 atom stereocenters. The summed E-state index contributed by atoms with van der Waals surface area (Å²) in [4.78, 5) is 11.3. The first-order valence-electron chi connectivity index (χ1n) is 6.00. The standard InChI is InChI=1S/C11H16N2O6S/c1-3-5(10(17)18)6(13-11(20)12-3)9-8(16)7(15)4(2-14)19-9/h4,6-9,14-16H,2H2,1H3,(H,17,18)(H2,12,13,20). The van der Waals surface area contributed by atoms with E-state index in [-0.39, 0.29) is 10.7 Å².